The molecule has 0 spiro atoms. The van der Waals surface area contributed by atoms with Crippen LogP contribution >= 0.6 is 0 Å². The highest BCUT2D eigenvalue weighted by molar-refractivity contribution is 4.74. The number of hydrogen-bond donors (Lipinski definition) is 1. The maximum absolute atomic E-state index is 10.5. The number of ether oxygens (including phenoxy) is 3. The molecule has 2 unspecified atom stereocenters. The van der Waals surface area contributed by atoms with Crippen molar-refractivity contribution in [3.05, 3.63) is 0 Å². The minimum atomic E-state index is -1.25. The lowest BCUT2D eigenvalue weighted by atomic mass is 9.76. The van der Waals surface area contributed by atoms with E-state index in [0.717, 1.165) is 35.9 Å². The summed E-state index contributed by atoms with van der Waals surface area (Å²) in [4.78, 5) is 0. The van der Waals surface area contributed by atoms with E-state index in [4.69, 9.17) is 14.2 Å². The van der Waals surface area contributed by atoms with Gasteiger partial charge in [-0.05, 0) is 25.2 Å². The number of rotatable bonds is 21. The molecule has 1 N–H and O–H groups in total. The lowest BCUT2D eigenvalue weighted by molar-refractivity contribution is -0.870. The minimum absolute atomic E-state index is 0. The lowest BCUT2D eigenvalue weighted by Crippen LogP contribution is -3.00. The highest BCUT2D eigenvalue weighted by Gasteiger charge is 2.25. The monoisotopic (exact) mass is 507 g/mol. The second-order valence-corrected chi connectivity index (χ2v) is 11.6. The van der Waals surface area contributed by atoms with Gasteiger partial charge in [0.05, 0.1) is 41.0 Å². The van der Waals surface area contributed by atoms with Crippen LogP contribution < -0.4 is 12.4 Å². The van der Waals surface area contributed by atoms with Crippen molar-refractivity contribution in [2.45, 2.75) is 110 Å². The molecule has 5 nitrogen and oxygen atoms in total. The first-order valence-corrected chi connectivity index (χ1v) is 14.1. The summed E-state index contributed by atoms with van der Waals surface area (Å²) in [6.45, 7) is 7.46. The Bertz CT molecular complexity index is 450. The van der Waals surface area contributed by atoms with Gasteiger partial charge in [-0.15, -0.1) is 0 Å². The average molecular weight is 508 g/mol. The molecule has 0 bridgehead atoms. The number of hydrogen-bond acceptors (Lipinski definition) is 4. The van der Waals surface area contributed by atoms with Crippen LogP contribution in [0.2, 0.25) is 0 Å². The van der Waals surface area contributed by atoms with Gasteiger partial charge in [-0.3, -0.25) is 0 Å². The molecule has 2 atom stereocenters. The van der Waals surface area contributed by atoms with Gasteiger partial charge < -0.3 is 36.2 Å². The molecule has 0 radical (unpaired) electrons. The van der Waals surface area contributed by atoms with Crippen molar-refractivity contribution in [3.8, 4) is 0 Å². The molecule has 0 saturated heterocycles. The standard InChI is InChI=1S/C28H58NO4.ClH/c1-6-7-8-9-10-11-13-18-27(26-16-14-12-15-17-26)19-21-32-25-28(2,30)33-24-23-31-22-20-29(3,4)5;/h26-27,30H,6-25H2,1-5H3;1H/q+1;/p-1. The molecule has 0 aromatic carbocycles. The maximum Gasteiger partial charge on any atom is 0.186 e. The Kier molecular flexibility index (Phi) is 20.2. The van der Waals surface area contributed by atoms with Gasteiger partial charge in [-0.1, -0.05) is 90.4 Å². The van der Waals surface area contributed by atoms with Crippen LogP contribution in [-0.2, 0) is 14.2 Å². The third kappa shape index (κ3) is 19.3. The molecule has 1 fully saturated rings. The van der Waals surface area contributed by atoms with Crippen LogP contribution in [0.1, 0.15) is 104 Å². The summed E-state index contributed by atoms with van der Waals surface area (Å²) in [5.74, 6) is 0.409. The van der Waals surface area contributed by atoms with Crippen LogP contribution in [0.25, 0.3) is 0 Å². The molecule has 1 saturated carbocycles. The Labute approximate surface area is 218 Å². The zero-order valence-corrected chi connectivity index (χ0v) is 24.0. The van der Waals surface area contributed by atoms with Gasteiger partial charge in [0, 0.05) is 6.61 Å². The summed E-state index contributed by atoms with van der Waals surface area (Å²) in [5.41, 5.74) is 0. The van der Waals surface area contributed by atoms with E-state index in [9.17, 15) is 5.11 Å². The smallest absolute Gasteiger partial charge is 0.186 e. The van der Waals surface area contributed by atoms with Crippen molar-refractivity contribution < 1.29 is 36.2 Å². The van der Waals surface area contributed by atoms with Crippen LogP contribution in [0.15, 0.2) is 0 Å². The van der Waals surface area contributed by atoms with Gasteiger partial charge in [0.2, 0.25) is 0 Å². The summed E-state index contributed by atoms with van der Waals surface area (Å²) in [7, 11) is 6.44. The predicted molar refractivity (Wildman–Crippen MR) is 138 cm³/mol. The molecule has 206 valence electrons. The van der Waals surface area contributed by atoms with Gasteiger partial charge >= 0.3 is 0 Å². The van der Waals surface area contributed by atoms with Crippen LogP contribution in [0.4, 0.5) is 0 Å². The average Bonchev–Trinajstić information content (AvgIpc) is 2.76. The van der Waals surface area contributed by atoms with E-state index < -0.39 is 5.79 Å². The number of aliphatic hydroxyl groups is 1. The molecule has 0 aromatic rings. The molecule has 6 heteroatoms. The summed E-state index contributed by atoms with van der Waals surface area (Å²) in [5, 5.41) is 10.5. The van der Waals surface area contributed by atoms with Gasteiger partial charge in [-0.25, -0.2) is 0 Å². The predicted octanol–water partition coefficient (Wildman–Crippen LogP) is 3.18. The highest BCUT2D eigenvalue weighted by atomic mass is 35.5. The summed E-state index contributed by atoms with van der Waals surface area (Å²) in [6.07, 6.45) is 19.1. The molecule has 0 aromatic heterocycles. The first-order valence-electron chi connectivity index (χ1n) is 14.1. The van der Waals surface area contributed by atoms with E-state index in [2.05, 4.69) is 28.1 Å². The molecule has 0 heterocycles. The van der Waals surface area contributed by atoms with E-state index in [1.54, 1.807) is 6.92 Å². The number of halogens is 1. The topological polar surface area (TPSA) is 47.9 Å². The Morgan fingerprint density at radius 2 is 1.47 bits per heavy atom. The molecule has 1 aliphatic carbocycles. The molecular formula is C28H58ClNO4. The van der Waals surface area contributed by atoms with Crippen LogP contribution in [-0.4, -0.2) is 76.1 Å². The summed E-state index contributed by atoms with van der Waals surface area (Å²) >= 11 is 0. The second kappa shape index (κ2) is 20.2. The number of quaternary nitrogens is 1. The molecular weight excluding hydrogens is 450 g/mol. The van der Waals surface area contributed by atoms with E-state index >= 15 is 0 Å². The first kappa shape index (κ1) is 34.1. The summed E-state index contributed by atoms with van der Waals surface area (Å²) in [6, 6.07) is 0. The SMILES string of the molecule is CCCCCCCCCC(CCOCC(C)(O)OCCOCC[N+](C)(C)C)C1CCCCC1.[Cl-]. The fourth-order valence-electron chi connectivity index (χ4n) is 4.88. The van der Waals surface area contributed by atoms with E-state index in [1.165, 1.54) is 83.5 Å². The fourth-order valence-corrected chi connectivity index (χ4v) is 4.88. The van der Waals surface area contributed by atoms with Crippen molar-refractivity contribution in [2.75, 3.05) is 60.7 Å². The van der Waals surface area contributed by atoms with Crippen molar-refractivity contribution in [1.29, 1.82) is 0 Å². The minimum Gasteiger partial charge on any atom is -1.00 e. The van der Waals surface area contributed by atoms with Gasteiger partial charge in [0.1, 0.15) is 13.2 Å². The lowest BCUT2D eigenvalue weighted by Gasteiger charge is -2.31. The van der Waals surface area contributed by atoms with E-state index in [-0.39, 0.29) is 19.0 Å². The number of likely N-dealkylation sites (N-methyl/N-ethyl adjacent to an activating group) is 1. The van der Waals surface area contributed by atoms with Gasteiger partial charge in [0.25, 0.3) is 0 Å². The Morgan fingerprint density at radius 3 is 2.12 bits per heavy atom. The zero-order chi connectivity index (χ0) is 24.4. The highest BCUT2D eigenvalue weighted by Crippen LogP contribution is 2.35. The number of nitrogens with zero attached hydrogens (tertiary/aromatic N) is 1. The van der Waals surface area contributed by atoms with Gasteiger partial charge in [0.15, 0.2) is 5.79 Å². The van der Waals surface area contributed by atoms with Gasteiger partial charge in [-0.2, -0.15) is 0 Å². The van der Waals surface area contributed by atoms with E-state index in [1.807, 2.05) is 0 Å². The van der Waals surface area contributed by atoms with Crippen molar-refractivity contribution in [3.63, 3.8) is 0 Å². The third-order valence-corrected chi connectivity index (χ3v) is 7.04. The van der Waals surface area contributed by atoms with Crippen molar-refractivity contribution in [1.82, 2.24) is 0 Å². The Morgan fingerprint density at radius 1 is 0.824 bits per heavy atom. The largest absolute Gasteiger partial charge is 1.00 e. The third-order valence-electron chi connectivity index (χ3n) is 7.04. The molecule has 34 heavy (non-hydrogen) atoms. The van der Waals surface area contributed by atoms with Crippen LogP contribution in [0, 0.1) is 11.8 Å². The van der Waals surface area contributed by atoms with Crippen molar-refractivity contribution >= 4 is 0 Å². The molecule has 0 aliphatic heterocycles. The Hall–Kier alpha value is 0.0900. The first-order chi connectivity index (χ1) is 15.7. The van der Waals surface area contributed by atoms with Crippen LogP contribution in [0.5, 0.6) is 0 Å². The van der Waals surface area contributed by atoms with Crippen LogP contribution in [0.3, 0.4) is 0 Å². The van der Waals surface area contributed by atoms with Crippen molar-refractivity contribution in [2.24, 2.45) is 11.8 Å². The molecule has 1 aliphatic rings. The maximum atomic E-state index is 10.5. The Balaban J connectivity index is 0.0000109. The number of unbranched alkanes of at least 4 members (excludes halogenated alkanes) is 6. The fraction of sp³-hybridized carbons (Fsp3) is 1.00. The quantitative estimate of drug-likeness (QED) is 0.147. The zero-order valence-electron chi connectivity index (χ0n) is 23.3. The summed E-state index contributed by atoms with van der Waals surface area (Å²) < 4.78 is 18.0. The molecule has 0 amide bonds. The molecule has 1 rings (SSSR count). The second-order valence-electron chi connectivity index (χ2n) is 11.6. The normalized spacial score (nSPS) is 17.8. The van der Waals surface area contributed by atoms with E-state index in [0.29, 0.717) is 19.8 Å².